The highest BCUT2D eigenvalue weighted by Gasteiger charge is 2.30. The summed E-state index contributed by atoms with van der Waals surface area (Å²) in [7, 11) is -3.38. The lowest BCUT2D eigenvalue weighted by Gasteiger charge is -2.25. The number of aliphatic carboxylic acids is 1. The zero-order chi connectivity index (χ0) is 17.9. The third-order valence-electron chi connectivity index (χ3n) is 4.19. The van der Waals surface area contributed by atoms with Crippen molar-refractivity contribution >= 4 is 27.4 Å². The van der Waals surface area contributed by atoms with Crippen molar-refractivity contribution in [2.24, 2.45) is 11.8 Å². The Bertz CT molecular complexity index is 739. The molecule has 2 N–H and O–H groups in total. The molecule has 1 aromatic carbocycles. The van der Waals surface area contributed by atoms with Crippen molar-refractivity contribution in [1.82, 2.24) is 0 Å². The largest absolute Gasteiger partial charge is 0.481 e. The molecule has 0 atom stereocenters. The zero-order valence-corrected chi connectivity index (χ0v) is 14.1. The van der Waals surface area contributed by atoms with Gasteiger partial charge in [-0.2, -0.15) is 0 Å². The van der Waals surface area contributed by atoms with Crippen LogP contribution < -0.4 is 5.32 Å². The Labute approximate surface area is 140 Å². The SMILES string of the molecule is CS(=O)(=O)Cc1cc(F)ccc1NC(=O)C1CCC(C(=O)O)CC1. The minimum absolute atomic E-state index is 0.199. The van der Waals surface area contributed by atoms with Crippen molar-refractivity contribution in [2.75, 3.05) is 11.6 Å². The van der Waals surface area contributed by atoms with Gasteiger partial charge in [-0.05, 0) is 49.4 Å². The zero-order valence-electron chi connectivity index (χ0n) is 13.3. The minimum atomic E-state index is -3.38. The first-order valence-electron chi connectivity index (χ1n) is 7.65. The summed E-state index contributed by atoms with van der Waals surface area (Å²) in [5, 5.41) is 11.6. The molecule has 1 aliphatic rings. The number of carboxylic acids is 1. The van der Waals surface area contributed by atoms with Gasteiger partial charge >= 0.3 is 5.97 Å². The molecule has 1 aromatic rings. The molecule has 6 nitrogen and oxygen atoms in total. The first kappa shape index (κ1) is 18.4. The van der Waals surface area contributed by atoms with E-state index in [9.17, 15) is 22.4 Å². The molecule has 0 unspecified atom stereocenters. The van der Waals surface area contributed by atoms with Gasteiger partial charge in [0, 0.05) is 17.9 Å². The van der Waals surface area contributed by atoms with Gasteiger partial charge in [0.25, 0.3) is 0 Å². The molecule has 8 heteroatoms. The van der Waals surface area contributed by atoms with Gasteiger partial charge in [-0.3, -0.25) is 9.59 Å². The van der Waals surface area contributed by atoms with Crippen LogP contribution in [0.5, 0.6) is 0 Å². The van der Waals surface area contributed by atoms with Crippen LogP contribution in [-0.2, 0) is 25.2 Å². The number of halogens is 1. The van der Waals surface area contributed by atoms with Crippen LogP contribution in [0.2, 0.25) is 0 Å². The van der Waals surface area contributed by atoms with Gasteiger partial charge in [-0.25, -0.2) is 12.8 Å². The van der Waals surface area contributed by atoms with Crippen molar-refractivity contribution in [3.05, 3.63) is 29.6 Å². The van der Waals surface area contributed by atoms with Crippen molar-refractivity contribution in [3.8, 4) is 0 Å². The second-order valence-electron chi connectivity index (χ2n) is 6.25. The Balaban J connectivity index is 2.08. The van der Waals surface area contributed by atoms with E-state index in [0.717, 1.165) is 18.4 Å². The summed E-state index contributed by atoms with van der Waals surface area (Å²) in [5.41, 5.74) is 0.470. The van der Waals surface area contributed by atoms with E-state index in [4.69, 9.17) is 5.11 Å². The quantitative estimate of drug-likeness (QED) is 0.841. The van der Waals surface area contributed by atoms with Crippen LogP contribution in [0, 0.1) is 17.7 Å². The Hall–Kier alpha value is -1.96. The average molecular weight is 357 g/mol. The number of carboxylic acid groups (broad SMARTS) is 1. The van der Waals surface area contributed by atoms with Gasteiger partial charge < -0.3 is 10.4 Å². The van der Waals surface area contributed by atoms with Gasteiger partial charge in [-0.1, -0.05) is 0 Å². The highest BCUT2D eigenvalue weighted by Crippen LogP contribution is 2.30. The minimum Gasteiger partial charge on any atom is -0.481 e. The fourth-order valence-corrected chi connectivity index (χ4v) is 3.73. The van der Waals surface area contributed by atoms with E-state index in [0.29, 0.717) is 25.7 Å². The van der Waals surface area contributed by atoms with Crippen LogP contribution >= 0.6 is 0 Å². The summed E-state index contributed by atoms with van der Waals surface area (Å²) in [6, 6.07) is 3.59. The molecule has 0 radical (unpaired) electrons. The van der Waals surface area contributed by atoms with Gasteiger partial charge in [0.05, 0.1) is 11.7 Å². The fourth-order valence-electron chi connectivity index (χ4n) is 2.92. The molecule has 24 heavy (non-hydrogen) atoms. The lowest BCUT2D eigenvalue weighted by Crippen LogP contribution is -2.29. The van der Waals surface area contributed by atoms with Gasteiger partial charge in [0.15, 0.2) is 9.84 Å². The number of hydrogen-bond donors (Lipinski definition) is 2. The molecule has 1 amide bonds. The molecule has 132 valence electrons. The van der Waals surface area contributed by atoms with Gasteiger partial charge in [0.2, 0.25) is 5.91 Å². The molecule has 2 rings (SSSR count). The number of carbonyl (C=O) groups excluding carboxylic acids is 1. The second-order valence-corrected chi connectivity index (χ2v) is 8.39. The molecule has 0 saturated heterocycles. The summed E-state index contributed by atoms with van der Waals surface area (Å²) >= 11 is 0. The Morgan fingerprint density at radius 2 is 1.79 bits per heavy atom. The maximum Gasteiger partial charge on any atom is 0.306 e. The first-order chi connectivity index (χ1) is 11.2. The molecule has 0 aliphatic heterocycles. The second kappa shape index (κ2) is 7.29. The number of nitrogens with one attached hydrogen (secondary N) is 1. The summed E-state index contributed by atoms with van der Waals surface area (Å²) in [6.45, 7) is 0. The maximum atomic E-state index is 13.4. The molecular formula is C16H20FNO5S. The third-order valence-corrected chi connectivity index (χ3v) is 5.03. The molecular weight excluding hydrogens is 337 g/mol. The Kier molecular flexibility index (Phi) is 5.58. The van der Waals surface area contributed by atoms with Crippen molar-refractivity contribution in [2.45, 2.75) is 31.4 Å². The molecule has 0 aromatic heterocycles. The number of amides is 1. The summed E-state index contributed by atoms with van der Waals surface area (Å²) in [5.74, 6) is -2.82. The summed E-state index contributed by atoms with van der Waals surface area (Å²) < 4.78 is 36.3. The number of sulfone groups is 1. The highest BCUT2D eigenvalue weighted by molar-refractivity contribution is 7.89. The molecule has 0 bridgehead atoms. The predicted octanol–water partition coefficient (Wildman–Crippen LogP) is 2.20. The number of carbonyl (C=O) groups is 2. The van der Waals surface area contributed by atoms with E-state index in [2.05, 4.69) is 5.32 Å². The number of hydrogen-bond acceptors (Lipinski definition) is 4. The molecule has 0 heterocycles. The number of benzene rings is 1. The normalized spacial score (nSPS) is 21.2. The Morgan fingerprint density at radius 1 is 1.21 bits per heavy atom. The van der Waals surface area contributed by atoms with Crippen molar-refractivity contribution in [3.63, 3.8) is 0 Å². The average Bonchev–Trinajstić information content (AvgIpc) is 2.48. The maximum absolute atomic E-state index is 13.4. The lowest BCUT2D eigenvalue weighted by molar-refractivity contribution is -0.143. The first-order valence-corrected chi connectivity index (χ1v) is 9.71. The monoisotopic (exact) mass is 357 g/mol. The summed E-state index contributed by atoms with van der Waals surface area (Å²) in [6.07, 6.45) is 2.84. The van der Waals surface area contributed by atoms with Crippen LogP contribution in [0.15, 0.2) is 18.2 Å². The number of anilines is 1. The van der Waals surface area contributed by atoms with E-state index in [-0.39, 0.29) is 28.8 Å². The fraction of sp³-hybridized carbons (Fsp3) is 0.500. The van der Waals surface area contributed by atoms with Gasteiger partial charge in [0.1, 0.15) is 5.82 Å². The van der Waals surface area contributed by atoms with Crippen LogP contribution in [0.4, 0.5) is 10.1 Å². The number of rotatable bonds is 5. The van der Waals surface area contributed by atoms with E-state index >= 15 is 0 Å². The van der Waals surface area contributed by atoms with Crippen molar-refractivity contribution < 1.29 is 27.5 Å². The lowest BCUT2D eigenvalue weighted by atomic mass is 9.81. The molecule has 1 aliphatic carbocycles. The standard InChI is InChI=1S/C16H20FNO5S/c1-24(22,23)9-12-8-13(17)6-7-14(12)18-15(19)10-2-4-11(5-3-10)16(20)21/h6-8,10-11H,2-5,9H2,1H3,(H,18,19)(H,20,21). The van der Waals surface area contributed by atoms with E-state index in [1.807, 2.05) is 0 Å². The smallest absolute Gasteiger partial charge is 0.306 e. The van der Waals surface area contributed by atoms with Crippen molar-refractivity contribution in [1.29, 1.82) is 0 Å². The van der Waals surface area contributed by atoms with E-state index in [1.54, 1.807) is 0 Å². The topological polar surface area (TPSA) is 101 Å². The van der Waals surface area contributed by atoms with Gasteiger partial charge in [-0.15, -0.1) is 0 Å². The van der Waals surface area contributed by atoms with E-state index in [1.165, 1.54) is 6.07 Å². The van der Waals surface area contributed by atoms with Crippen LogP contribution in [0.1, 0.15) is 31.2 Å². The molecule has 0 spiro atoms. The Morgan fingerprint density at radius 3 is 2.33 bits per heavy atom. The summed E-state index contributed by atoms with van der Waals surface area (Å²) in [4.78, 5) is 23.3. The van der Waals surface area contributed by atoms with Crippen LogP contribution in [0.25, 0.3) is 0 Å². The van der Waals surface area contributed by atoms with Crippen LogP contribution in [0.3, 0.4) is 0 Å². The molecule has 1 saturated carbocycles. The molecule has 1 fully saturated rings. The predicted molar refractivity (Wildman–Crippen MR) is 86.7 cm³/mol. The van der Waals surface area contributed by atoms with E-state index < -0.39 is 27.5 Å². The van der Waals surface area contributed by atoms with Crippen LogP contribution in [-0.4, -0.2) is 31.7 Å². The third kappa shape index (κ3) is 5.02. The highest BCUT2D eigenvalue weighted by atomic mass is 32.2.